The van der Waals surface area contributed by atoms with Crippen LogP contribution in [0.5, 0.6) is 11.5 Å². The van der Waals surface area contributed by atoms with Crippen molar-refractivity contribution in [1.82, 2.24) is 0 Å². The number of likely N-dealkylation sites (N-methyl/N-ethyl adjacent to an activating group) is 1. The van der Waals surface area contributed by atoms with Gasteiger partial charge in [0.15, 0.2) is 5.54 Å². The average Bonchev–Trinajstić information content (AvgIpc) is 2.88. The molecule has 0 fully saturated rings. The van der Waals surface area contributed by atoms with E-state index in [-0.39, 0.29) is 11.6 Å². The first kappa shape index (κ1) is 26.9. The maximum absolute atomic E-state index is 13.6. The lowest BCUT2D eigenvalue weighted by molar-refractivity contribution is -0.147. The topological polar surface area (TPSA) is 48.0 Å². The van der Waals surface area contributed by atoms with Gasteiger partial charge in [-0.25, -0.2) is 4.79 Å². The molecule has 3 aromatic carbocycles. The molecule has 0 saturated carbocycles. The Hall–Kier alpha value is -3.73. The fourth-order valence-corrected chi connectivity index (χ4v) is 4.38. The molecular weight excluding hydrogens is 450 g/mol. The monoisotopic (exact) mass is 487 g/mol. The minimum Gasteiger partial charge on any atom is -0.497 e. The third kappa shape index (κ3) is 6.28. The Morgan fingerprint density at radius 1 is 0.861 bits per heavy atom. The maximum Gasteiger partial charge on any atom is 0.336 e. The number of nitrogens with zero attached hydrogens (tertiary/aromatic N) is 1. The Morgan fingerprint density at radius 3 is 2.00 bits per heavy atom. The molecule has 190 valence electrons. The third-order valence-corrected chi connectivity index (χ3v) is 5.96. The van der Waals surface area contributed by atoms with E-state index in [2.05, 4.69) is 4.90 Å². The van der Waals surface area contributed by atoms with E-state index in [1.54, 1.807) is 7.11 Å². The lowest BCUT2D eigenvalue weighted by Gasteiger charge is -2.42. The highest BCUT2D eigenvalue weighted by Crippen LogP contribution is 2.38. The van der Waals surface area contributed by atoms with Crippen molar-refractivity contribution in [1.29, 1.82) is 0 Å². The molecular formula is C31H37NO4. The molecule has 0 spiro atoms. The molecule has 0 radical (unpaired) electrons. The predicted molar refractivity (Wildman–Crippen MR) is 147 cm³/mol. The summed E-state index contributed by atoms with van der Waals surface area (Å²) >= 11 is 0. The molecule has 0 saturated heterocycles. The van der Waals surface area contributed by atoms with Crippen LogP contribution in [-0.4, -0.2) is 32.3 Å². The summed E-state index contributed by atoms with van der Waals surface area (Å²) in [5, 5.41) is 0. The lowest BCUT2D eigenvalue weighted by atomic mass is 9.83. The van der Waals surface area contributed by atoms with Gasteiger partial charge in [-0.2, -0.15) is 0 Å². The van der Waals surface area contributed by atoms with Crippen molar-refractivity contribution < 1.29 is 19.0 Å². The molecule has 5 nitrogen and oxygen atoms in total. The zero-order valence-corrected chi connectivity index (χ0v) is 22.2. The van der Waals surface area contributed by atoms with Crippen molar-refractivity contribution >= 4 is 17.7 Å². The number of carbonyl (C=O) groups excluding carboxylic acids is 1. The summed E-state index contributed by atoms with van der Waals surface area (Å²) in [5.74, 6) is 1.27. The van der Waals surface area contributed by atoms with Gasteiger partial charge in [0.1, 0.15) is 17.1 Å². The van der Waals surface area contributed by atoms with E-state index in [9.17, 15) is 4.79 Å². The van der Waals surface area contributed by atoms with Gasteiger partial charge in [-0.15, -0.1) is 0 Å². The summed E-state index contributed by atoms with van der Waals surface area (Å²) in [6, 6.07) is 25.5. The van der Waals surface area contributed by atoms with Crippen LogP contribution in [0.3, 0.4) is 0 Å². The molecule has 36 heavy (non-hydrogen) atoms. The molecule has 0 aliphatic rings. The van der Waals surface area contributed by atoms with Gasteiger partial charge in [0.2, 0.25) is 0 Å². The SMILES string of the molecule is CCN(c1ccc(OC)cc1)[C@](C/C=C/c1ccc(OC(C)(C)C)cc1)(C(=O)OC)c1ccccc1. The largest absolute Gasteiger partial charge is 0.497 e. The summed E-state index contributed by atoms with van der Waals surface area (Å²) in [7, 11) is 3.08. The molecule has 0 N–H and O–H groups in total. The van der Waals surface area contributed by atoms with Gasteiger partial charge in [-0.05, 0) is 75.2 Å². The van der Waals surface area contributed by atoms with Crippen LogP contribution in [0.15, 0.2) is 84.9 Å². The molecule has 0 aliphatic carbocycles. The normalized spacial score (nSPS) is 13.2. The van der Waals surface area contributed by atoms with Crippen LogP contribution in [0.2, 0.25) is 0 Å². The van der Waals surface area contributed by atoms with Crippen LogP contribution in [0.1, 0.15) is 45.2 Å². The van der Waals surface area contributed by atoms with E-state index < -0.39 is 5.54 Å². The van der Waals surface area contributed by atoms with Gasteiger partial charge in [0, 0.05) is 18.7 Å². The van der Waals surface area contributed by atoms with Crippen molar-refractivity contribution in [2.75, 3.05) is 25.7 Å². The van der Waals surface area contributed by atoms with Gasteiger partial charge in [0.25, 0.3) is 0 Å². The Kier molecular flexibility index (Phi) is 8.81. The smallest absolute Gasteiger partial charge is 0.336 e. The minimum atomic E-state index is -1.05. The van der Waals surface area contributed by atoms with E-state index in [0.29, 0.717) is 13.0 Å². The minimum absolute atomic E-state index is 0.252. The fourth-order valence-electron chi connectivity index (χ4n) is 4.38. The number of ether oxygens (including phenoxy) is 3. The third-order valence-electron chi connectivity index (χ3n) is 5.96. The summed E-state index contributed by atoms with van der Waals surface area (Å²) < 4.78 is 16.7. The molecule has 0 unspecified atom stereocenters. The number of hydrogen-bond donors (Lipinski definition) is 0. The van der Waals surface area contributed by atoms with Crippen LogP contribution >= 0.6 is 0 Å². The van der Waals surface area contributed by atoms with Gasteiger partial charge in [-0.1, -0.05) is 54.6 Å². The zero-order valence-electron chi connectivity index (χ0n) is 22.2. The van der Waals surface area contributed by atoms with Crippen LogP contribution < -0.4 is 14.4 Å². The second kappa shape index (κ2) is 11.8. The molecule has 0 amide bonds. The number of methoxy groups -OCH3 is 2. The summed E-state index contributed by atoms with van der Waals surface area (Å²) in [6.07, 6.45) is 4.49. The van der Waals surface area contributed by atoms with Crippen LogP contribution in [0.25, 0.3) is 6.08 Å². The highest BCUT2D eigenvalue weighted by atomic mass is 16.5. The highest BCUT2D eigenvalue weighted by molar-refractivity contribution is 5.87. The van der Waals surface area contributed by atoms with Crippen molar-refractivity contribution in [2.45, 2.75) is 45.3 Å². The Labute approximate surface area is 215 Å². The quantitative estimate of drug-likeness (QED) is 0.292. The number of hydrogen-bond acceptors (Lipinski definition) is 5. The number of rotatable bonds is 10. The van der Waals surface area contributed by atoms with E-state index in [1.165, 1.54) is 7.11 Å². The number of carbonyl (C=O) groups is 1. The van der Waals surface area contributed by atoms with Crippen molar-refractivity contribution in [2.24, 2.45) is 0 Å². The van der Waals surface area contributed by atoms with Crippen molar-refractivity contribution in [3.63, 3.8) is 0 Å². The molecule has 0 heterocycles. The Balaban J connectivity index is 2.01. The predicted octanol–water partition coefficient (Wildman–Crippen LogP) is 6.87. The molecule has 0 aromatic heterocycles. The molecule has 3 rings (SSSR count). The lowest BCUT2D eigenvalue weighted by Crippen LogP contribution is -2.53. The second-order valence-corrected chi connectivity index (χ2v) is 9.55. The second-order valence-electron chi connectivity index (χ2n) is 9.55. The maximum atomic E-state index is 13.6. The first-order valence-electron chi connectivity index (χ1n) is 12.2. The van der Waals surface area contributed by atoms with Crippen molar-refractivity contribution in [3.8, 4) is 11.5 Å². The zero-order chi connectivity index (χ0) is 26.2. The Morgan fingerprint density at radius 2 is 1.47 bits per heavy atom. The van der Waals surface area contributed by atoms with Crippen LogP contribution in [0, 0.1) is 0 Å². The van der Waals surface area contributed by atoms with Gasteiger partial charge in [-0.3, -0.25) is 0 Å². The van der Waals surface area contributed by atoms with E-state index in [1.807, 2.05) is 119 Å². The Bertz CT molecular complexity index is 1130. The molecule has 0 aliphatic heterocycles. The van der Waals surface area contributed by atoms with E-state index >= 15 is 0 Å². The van der Waals surface area contributed by atoms with E-state index in [4.69, 9.17) is 14.2 Å². The number of anilines is 1. The van der Waals surface area contributed by atoms with Crippen LogP contribution in [0.4, 0.5) is 5.69 Å². The van der Waals surface area contributed by atoms with E-state index in [0.717, 1.165) is 28.3 Å². The first-order chi connectivity index (χ1) is 17.2. The standard InChI is InChI=1S/C31H37NO4/c1-7-32(26-17-21-27(34-5)22-18-26)31(29(33)35-6,25-13-9-8-10-14-25)23-11-12-24-15-19-28(20-16-24)36-30(2,3)4/h8-22H,7,23H2,1-6H3/b12-11+/t31-/m0/s1. The summed E-state index contributed by atoms with van der Waals surface area (Å²) in [5.41, 5.74) is 1.50. The molecule has 5 heteroatoms. The summed E-state index contributed by atoms with van der Waals surface area (Å²) in [4.78, 5) is 15.7. The molecule has 1 atom stereocenters. The molecule has 0 bridgehead atoms. The van der Waals surface area contributed by atoms with Gasteiger partial charge in [0.05, 0.1) is 14.2 Å². The average molecular weight is 488 g/mol. The fraction of sp³-hybridized carbons (Fsp3) is 0.323. The van der Waals surface area contributed by atoms with Gasteiger partial charge < -0.3 is 19.1 Å². The first-order valence-corrected chi connectivity index (χ1v) is 12.2. The number of benzene rings is 3. The summed E-state index contributed by atoms with van der Waals surface area (Å²) in [6.45, 7) is 8.73. The van der Waals surface area contributed by atoms with Gasteiger partial charge >= 0.3 is 5.97 Å². The highest BCUT2D eigenvalue weighted by Gasteiger charge is 2.45. The van der Waals surface area contributed by atoms with Crippen molar-refractivity contribution in [3.05, 3.63) is 96.1 Å². The molecule has 3 aromatic rings. The number of esters is 1. The van der Waals surface area contributed by atoms with Crippen LogP contribution in [-0.2, 0) is 15.1 Å².